The maximum absolute atomic E-state index is 13.5. The van der Waals surface area contributed by atoms with Gasteiger partial charge in [0.25, 0.3) is 0 Å². The normalized spacial score (nSPS) is 21.7. The second-order valence-corrected chi connectivity index (χ2v) is 9.47. The standard InChI is InChI=1S/C23H28FN5S/c1-15-10-18(11-23(2,3)28(15)4)29-13-20(16-6-8-17(24)9-7-16)27-21(29)19-12-25-14-26-22(19)30-5/h6-9,12-15,18H,10-11H2,1-5H3. The molecule has 3 heterocycles. The first-order valence-electron chi connectivity index (χ1n) is 10.2. The third-order valence-electron chi connectivity index (χ3n) is 6.34. The van der Waals surface area contributed by atoms with Gasteiger partial charge >= 0.3 is 0 Å². The van der Waals surface area contributed by atoms with Crippen molar-refractivity contribution in [3.8, 4) is 22.6 Å². The smallest absolute Gasteiger partial charge is 0.145 e. The Morgan fingerprint density at radius 2 is 1.93 bits per heavy atom. The molecule has 1 aromatic carbocycles. The van der Waals surface area contributed by atoms with Crippen molar-refractivity contribution in [1.82, 2.24) is 24.4 Å². The number of aromatic nitrogens is 4. The first-order chi connectivity index (χ1) is 14.3. The molecule has 2 unspecified atom stereocenters. The Balaban J connectivity index is 1.85. The van der Waals surface area contributed by atoms with Crippen LogP contribution in [0.25, 0.3) is 22.6 Å². The van der Waals surface area contributed by atoms with Gasteiger partial charge in [0.15, 0.2) is 0 Å². The van der Waals surface area contributed by atoms with Gasteiger partial charge in [0.05, 0.1) is 11.3 Å². The van der Waals surface area contributed by atoms with E-state index in [1.54, 1.807) is 30.2 Å². The van der Waals surface area contributed by atoms with E-state index in [4.69, 9.17) is 4.98 Å². The molecule has 0 spiro atoms. The molecular weight excluding hydrogens is 397 g/mol. The van der Waals surface area contributed by atoms with E-state index in [0.29, 0.717) is 12.1 Å². The Kier molecular flexibility index (Phi) is 5.68. The zero-order valence-electron chi connectivity index (χ0n) is 18.1. The summed E-state index contributed by atoms with van der Waals surface area (Å²) in [5, 5.41) is 0.905. The summed E-state index contributed by atoms with van der Waals surface area (Å²) in [5.74, 6) is 0.627. The fourth-order valence-corrected chi connectivity index (χ4v) is 4.95. The minimum absolute atomic E-state index is 0.0788. The number of hydrogen-bond donors (Lipinski definition) is 0. The summed E-state index contributed by atoms with van der Waals surface area (Å²) in [6.45, 7) is 6.88. The van der Waals surface area contributed by atoms with Crippen LogP contribution in [-0.4, -0.2) is 49.3 Å². The molecule has 1 saturated heterocycles. The Morgan fingerprint density at radius 1 is 1.20 bits per heavy atom. The second-order valence-electron chi connectivity index (χ2n) is 8.68. The molecule has 2 atom stereocenters. The highest BCUT2D eigenvalue weighted by molar-refractivity contribution is 7.98. The van der Waals surface area contributed by atoms with Gasteiger partial charge < -0.3 is 4.57 Å². The van der Waals surface area contributed by atoms with Gasteiger partial charge in [-0.3, -0.25) is 4.90 Å². The van der Waals surface area contributed by atoms with E-state index in [2.05, 4.69) is 53.5 Å². The lowest BCUT2D eigenvalue weighted by molar-refractivity contribution is 0.0317. The van der Waals surface area contributed by atoms with Crippen LogP contribution in [0.3, 0.4) is 0 Å². The van der Waals surface area contributed by atoms with Crippen molar-refractivity contribution in [2.24, 2.45) is 0 Å². The van der Waals surface area contributed by atoms with E-state index in [1.165, 1.54) is 12.1 Å². The quantitative estimate of drug-likeness (QED) is 0.419. The zero-order valence-corrected chi connectivity index (χ0v) is 18.9. The van der Waals surface area contributed by atoms with Crippen LogP contribution in [0.15, 0.2) is 48.0 Å². The fourth-order valence-electron chi connectivity index (χ4n) is 4.43. The first kappa shape index (κ1) is 21.0. The number of thioether (sulfide) groups is 1. The Labute approximate surface area is 181 Å². The van der Waals surface area contributed by atoms with Crippen molar-refractivity contribution in [3.63, 3.8) is 0 Å². The summed E-state index contributed by atoms with van der Waals surface area (Å²) in [6.07, 6.45) is 9.59. The van der Waals surface area contributed by atoms with Crippen LogP contribution in [0, 0.1) is 5.82 Å². The van der Waals surface area contributed by atoms with E-state index in [9.17, 15) is 4.39 Å². The maximum atomic E-state index is 13.5. The molecule has 1 aliphatic heterocycles. The van der Waals surface area contributed by atoms with Crippen LogP contribution in [0.4, 0.5) is 4.39 Å². The molecule has 158 valence electrons. The number of halogens is 1. The van der Waals surface area contributed by atoms with Crippen molar-refractivity contribution >= 4 is 11.8 Å². The molecule has 5 nitrogen and oxygen atoms in total. The van der Waals surface area contributed by atoms with Crippen LogP contribution in [0.5, 0.6) is 0 Å². The average Bonchev–Trinajstić information content (AvgIpc) is 3.17. The predicted molar refractivity (Wildman–Crippen MR) is 120 cm³/mol. The van der Waals surface area contributed by atoms with Gasteiger partial charge in [-0.2, -0.15) is 0 Å². The molecule has 0 bridgehead atoms. The van der Waals surface area contributed by atoms with Crippen molar-refractivity contribution in [3.05, 3.63) is 48.8 Å². The van der Waals surface area contributed by atoms with Crippen LogP contribution >= 0.6 is 11.8 Å². The van der Waals surface area contributed by atoms with Gasteiger partial charge in [-0.05, 0) is 71.2 Å². The minimum Gasteiger partial charge on any atom is -0.327 e. The molecular formula is C23H28FN5S. The van der Waals surface area contributed by atoms with E-state index in [-0.39, 0.29) is 11.4 Å². The number of rotatable bonds is 4. The van der Waals surface area contributed by atoms with Gasteiger partial charge in [0.2, 0.25) is 0 Å². The maximum Gasteiger partial charge on any atom is 0.145 e. The molecule has 1 fully saturated rings. The highest BCUT2D eigenvalue weighted by atomic mass is 32.2. The summed E-state index contributed by atoms with van der Waals surface area (Å²) in [5.41, 5.74) is 2.75. The Hall–Kier alpha value is -2.25. The van der Waals surface area contributed by atoms with Gasteiger partial charge in [-0.25, -0.2) is 19.3 Å². The highest BCUT2D eigenvalue weighted by Crippen LogP contribution is 2.40. The molecule has 4 rings (SSSR count). The summed E-state index contributed by atoms with van der Waals surface area (Å²) in [6, 6.07) is 7.28. The van der Waals surface area contributed by atoms with Crippen LogP contribution in [-0.2, 0) is 0 Å². The molecule has 0 N–H and O–H groups in total. The second kappa shape index (κ2) is 8.12. The topological polar surface area (TPSA) is 46.8 Å². The van der Waals surface area contributed by atoms with Crippen molar-refractivity contribution < 1.29 is 4.39 Å². The molecule has 0 amide bonds. The van der Waals surface area contributed by atoms with Crippen molar-refractivity contribution in [2.45, 2.75) is 56.3 Å². The highest BCUT2D eigenvalue weighted by Gasteiger charge is 2.38. The van der Waals surface area contributed by atoms with E-state index >= 15 is 0 Å². The van der Waals surface area contributed by atoms with E-state index < -0.39 is 0 Å². The number of benzene rings is 1. The Bertz CT molecular complexity index is 1030. The zero-order chi connectivity index (χ0) is 21.5. The van der Waals surface area contributed by atoms with Gasteiger partial charge in [0.1, 0.15) is 23.0 Å². The molecule has 1 aliphatic rings. The summed E-state index contributed by atoms with van der Waals surface area (Å²) in [7, 11) is 2.20. The molecule has 0 aliphatic carbocycles. The van der Waals surface area contributed by atoms with Crippen LogP contribution in [0.1, 0.15) is 39.7 Å². The summed E-state index contributed by atoms with van der Waals surface area (Å²) >= 11 is 1.59. The number of piperidine rings is 1. The number of hydrogen-bond acceptors (Lipinski definition) is 5. The lowest BCUT2D eigenvalue weighted by atomic mass is 9.83. The molecule has 0 saturated carbocycles. The van der Waals surface area contributed by atoms with E-state index in [1.807, 2.05) is 12.5 Å². The Morgan fingerprint density at radius 3 is 2.60 bits per heavy atom. The molecule has 0 radical (unpaired) electrons. The van der Waals surface area contributed by atoms with Gasteiger partial charge in [-0.15, -0.1) is 11.8 Å². The lowest BCUT2D eigenvalue weighted by Gasteiger charge is -2.48. The third kappa shape index (κ3) is 3.88. The monoisotopic (exact) mass is 425 g/mol. The largest absolute Gasteiger partial charge is 0.327 e. The number of imidazole rings is 1. The lowest BCUT2D eigenvalue weighted by Crippen LogP contribution is -2.52. The average molecular weight is 426 g/mol. The van der Waals surface area contributed by atoms with Gasteiger partial charge in [0, 0.05) is 35.6 Å². The van der Waals surface area contributed by atoms with E-state index in [0.717, 1.165) is 40.5 Å². The van der Waals surface area contributed by atoms with Crippen molar-refractivity contribution in [1.29, 1.82) is 0 Å². The predicted octanol–water partition coefficient (Wildman–Crippen LogP) is 5.30. The number of likely N-dealkylation sites (tertiary alicyclic amines) is 1. The summed E-state index contributed by atoms with van der Waals surface area (Å²) < 4.78 is 15.8. The molecule has 30 heavy (non-hydrogen) atoms. The molecule has 2 aromatic heterocycles. The fraction of sp³-hybridized carbons (Fsp3) is 0.435. The first-order valence-corrected chi connectivity index (χ1v) is 11.4. The SMILES string of the molecule is CSc1ncncc1-c1nc(-c2ccc(F)cc2)cn1C1CC(C)N(C)C(C)(C)C1. The molecule has 7 heteroatoms. The third-order valence-corrected chi connectivity index (χ3v) is 7.05. The molecule has 3 aromatic rings. The summed E-state index contributed by atoms with van der Waals surface area (Å²) in [4.78, 5) is 16.2. The van der Waals surface area contributed by atoms with Crippen LogP contribution in [0.2, 0.25) is 0 Å². The van der Waals surface area contributed by atoms with Crippen LogP contribution < -0.4 is 0 Å². The number of nitrogens with zero attached hydrogens (tertiary/aromatic N) is 5. The minimum atomic E-state index is -0.245. The van der Waals surface area contributed by atoms with Crippen molar-refractivity contribution in [2.75, 3.05) is 13.3 Å². The van der Waals surface area contributed by atoms with Gasteiger partial charge in [-0.1, -0.05) is 0 Å².